The second kappa shape index (κ2) is 2.18. The fourth-order valence-corrected chi connectivity index (χ4v) is 1.87. The maximum absolute atomic E-state index is 11.3. The predicted molar refractivity (Wildman–Crippen MR) is 42.6 cm³/mol. The molecule has 0 N–H and O–H groups in total. The number of hydrogen-bond donors (Lipinski definition) is 0. The van der Waals surface area contributed by atoms with E-state index in [0.717, 1.165) is 0 Å². The van der Waals surface area contributed by atoms with Crippen molar-refractivity contribution >= 4 is 5.78 Å². The van der Waals surface area contributed by atoms with E-state index in [0.29, 0.717) is 12.8 Å². The molecule has 0 spiro atoms. The SMILES string of the molecule is COC12C=C[C@@](C)(CC(=O)C1)O2. The Labute approximate surface area is 71.3 Å². The van der Waals surface area contributed by atoms with Gasteiger partial charge in [-0.25, -0.2) is 0 Å². The number of carbonyl (C=O) groups excluding carboxylic acids is 1. The monoisotopic (exact) mass is 168 g/mol. The summed E-state index contributed by atoms with van der Waals surface area (Å²) in [5.74, 6) is -0.556. The summed E-state index contributed by atoms with van der Waals surface area (Å²) in [5.41, 5.74) is -0.425. The van der Waals surface area contributed by atoms with Crippen LogP contribution in [0.3, 0.4) is 0 Å². The second-order valence-corrected chi connectivity index (χ2v) is 3.66. The van der Waals surface area contributed by atoms with Gasteiger partial charge in [0.05, 0.1) is 12.0 Å². The van der Waals surface area contributed by atoms with Crippen LogP contribution in [-0.2, 0) is 14.3 Å². The quantitative estimate of drug-likeness (QED) is 0.549. The fourth-order valence-electron chi connectivity index (χ4n) is 1.87. The first-order valence-electron chi connectivity index (χ1n) is 4.05. The maximum atomic E-state index is 11.3. The number of hydrogen-bond acceptors (Lipinski definition) is 3. The number of Topliss-reactive ketones (excluding diaryl/α,β-unsaturated/α-hetero) is 1. The van der Waals surface area contributed by atoms with Gasteiger partial charge in [0, 0.05) is 13.5 Å². The summed E-state index contributed by atoms with van der Waals surface area (Å²) in [5, 5.41) is 0. The topological polar surface area (TPSA) is 35.5 Å². The summed E-state index contributed by atoms with van der Waals surface area (Å²) < 4.78 is 10.8. The molecule has 1 fully saturated rings. The van der Waals surface area contributed by atoms with Gasteiger partial charge in [0.15, 0.2) is 5.79 Å². The Balaban J connectivity index is 2.32. The van der Waals surface area contributed by atoms with E-state index in [4.69, 9.17) is 9.47 Å². The number of fused-ring (bicyclic) bond motifs is 2. The minimum atomic E-state index is -0.760. The lowest BCUT2D eigenvalue weighted by Crippen LogP contribution is -2.44. The highest BCUT2D eigenvalue weighted by Crippen LogP contribution is 2.41. The maximum Gasteiger partial charge on any atom is 0.195 e. The molecule has 2 bridgehead atoms. The van der Waals surface area contributed by atoms with Crippen molar-refractivity contribution < 1.29 is 14.3 Å². The van der Waals surface area contributed by atoms with Gasteiger partial charge in [-0.3, -0.25) is 4.79 Å². The zero-order chi connectivity index (χ0) is 8.82. The van der Waals surface area contributed by atoms with E-state index >= 15 is 0 Å². The van der Waals surface area contributed by atoms with Crippen molar-refractivity contribution in [2.24, 2.45) is 0 Å². The number of ketones is 1. The molecule has 2 atom stereocenters. The molecule has 3 heteroatoms. The predicted octanol–water partition coefficient (Wildman–Crippen LogP) is 1.04. The number of ether oxygens (including phenoxy) is 2. The van der Waals surface area contributed by atoms with Crippen molar-refractivity contribution in [2.45, 2.75) is 31.2 Å². The highest BCUT2D eigenvalue weighted by Gasteiger charge is 2.49. The van der Waals surface area contributed by atoms with Crippen LogP contribution < -0.4 is 0 Å². The van der Waals surface area contributed by atoms with Crippen LogP contribution in [0.15, 0.2) is 12.2 Å². The van der Waals surface area contributed by atoms with Gasteiger partial charge < -0.3 is 9.47 Å². The molecule has 2 aliphatic heterocycles. The van der Waals surface area contributed by atoms with Crippen LogP contribution >= 0.6 is 0 Å². The van der Waals surface area contributed by atoms with E-state index < -0.39 is 11.4 Å². The van der Waals surface area contributed by atoms with Crippen LogP contribution in [0.2, 0.25) is 0 Å². The Morgan fingerprint density at radius 1 is 1.50 bits per heavy atom. The smallest absolute Gasteiger partial charge is 0.195 e. The van der Waals surface area contributed by atoms with E-state index in [1.54, 1.807) is 7.11 Å². The minimum Gasteiger partial charge on any atom is -0.349 e. The van der Waals surface area contributed by atoms with Gasteiger partial charge in [0.2, 0.25) is 0 Å². The molecule has 1 unspecified atom stereocenters. The Morgan fingerprint density at radius 3 is 2.92 bits per heavy atom. The highest BCUT2D eigenvalue weighted by molar-refractivity contribution is 5.82. The van der Waals surface area contributed by atoms with Crippen molar-refractivity contribution in [3.8, 4) is 0 Å². The molecule has 0 aliphatic carbocycles. The van der Waals surface area contributed by atoms with Crippen molar-refractivity contribution in [3.63, 3.8) is 0 Å². The molecule has 2 rings (SSSR count). The molecule has 0 amide bonds. The number of carbonyl (C=O) groups is 1. The number of methoxy groups -OCH3 is 1. The van der Waals surface area contributed by atoms with Crippen LogP contribution in [0.5, 0.6) is 0 Å². The Morgan fingerprint density at radius 2 is 2.25 bits per heavy atom. The van der Waals surface area contributed by atoms with E-state index in [9.17, 15) is 4.79 Å². The molecule has 0 aromatic rings. The molecular weight excluding hydrogens is 156 g/mol. The van der Waals surface area contributed by atoms with Gasteiger partial charge in [-0.05, 0) is 13.0 Å². The average molecular weight is 168 g/mol. The van der Waals surface area contributed by atoms with Crippen LogP contribution in [0.4, 0.5) is 0 Å². The summed E-state index contributed by atoms with van der Waals surface area (Å²) >= 11 is 0. The lowest BCUT2D eigenvalue weighted by molar-refractivity contribution is -0.235. The van der Waals surface area contributed by atoms with Gasteiger partial charge >= 0.3 is 0 Å². The van der Waals surface area contributed by atoms with Crippen molar-refractivity contribution in [2.75, 3.05) is 7.11 Å². The third-order valence-corrected chi connectivity index (χ3v) is 2.43. The Kier molecular flexibility index (Phi) is 1.44. The lowest BCUT2D eigenvalue weighted by atomic mass is 9.96. The molecule has 12 heavy (non-hydrogen) atoms. The second-order valence-electron chi connectivity index (χ2n) is 3.66. The highest BCUT2D eigenvalue weighted by atomic mass is 16.7. The summed E-state index contributed by atoms with van der Waals surface area (Å²) in [6, 6.07) is 0. The summed E-state index contributed by atoms with van der Waals surface area (Å²) in [4.78, 5) is 11.3. The van der Waals surface area contributed by atoms with Crippen molar-refractivity contribution in [1.82, 2.24) is 0 Å². The standard InChI is InChI=1S/C9H12O3/c1-8-3-4-9(11-2,12-8)6-7(10)5-8/h3-4H,5-6H2,1-2H3/t8-,9?/m0/s1. The van der Waals surface area contributed by atoms with Crippen molar-refractivity contribution in [3.05, 3.63) is 12.2 Å². The molecule has 0 saturated carbocycles. The van der Waals surface area contributed by atoms with Crippen LogP contribution in [0.1, 0.15) is 19.8 Å². The lowest BCUT2D eigenvalue weighted by Gasteiger charge is -2.36. The molecular formula is C9H12O3. The normalized spacial score (nSPS) is 45.3. The van der Waals surface area contributed by atoms with Crippen LogP contribution in [0, 0.1) is 0 Å². The zero-order valence-electron chi connectivity index (χ0n) is 7.29. The molecule has 0 aromatic carbocycles. The van der Waals surface area contributed by atoms with E-state index in [1.807, 2.05) is 19.1 Å². The van der Waals surface area contributed by atoms with Crippen molar-refractivity contribution in [1.29, 1.82) is 0 Å². The molecule has 1 saturated heterocycles. The summed E-state index contributed by atoms with van der Waals surface area (Å²) in [7, 11) is 1.56. The summed E-state index contributed by atoms with van der Waals surface area (Å²) in [6.07, 6.45) is 4.57. The zero-order valence-corrected chi connectivity index (χ0v) is 7.29. The van der Waals surface area contributed by atoms with Gasteiger partial charge in [-0.1, -0.05) is 6.08 Å². The first kappa shape index (κ1) is 7.95. The Hall–Kier alpha value is -0.670. The minimum absolute atomic E-state index is 0.204. The van der Waals surface area contributed by atoms with Gasteiger partial charge in [0.1, 0.15) is 5.78 Å². The molecule has 0 aromatic heterocycles. The summed E-state index contributed by atoms with van der Waals surface area (Å²) in [6.45, 7) is 1.90. The van der Waals surface area contributed by atoms with Gasteiger partial charge in [-0.15, -0.1) is 0 Å². The molecule has 2 heterocycles. The average Bonchev–Trinajstić information content (AvgIpc) is 2.23. The Bertz CT molecular complexity index is 258. The first-order valence-corrected chi connectivity index (χ1v) is 4.05. The van der Waals surface area contributed by atoms with Gasteiger partial charge in [-0.2, -0.15) is 0 Å². The van der Waals surface area contributed by atoms with E-state index in [2.05, 4.69) is 0 Å². The third kappa shape index (κ3) is 1.01. The molecule has 66 valence electrons. The van der Waals surface area contributed by atoms with E-state index in [-0.39, 0.29) is 5.78 Å². The third-order valence-electron chi connectivity index (χ3n) is 2.43. The largest absolute Gasteiger partial charge is 0.349 e. The first-order chi connectivity index (χ1) is 5.58. The number of rotatable bonds is 1. The van der Waals surface area contributed by atoms with Crippen LogP contribution in [0.25, 0.3) is 0 Å². The van der Waals surface area contributed by atoms with Crippen LogP contribution in [-0.4, -0.2) is 24.3 Å². The van der Waals surface area contributed by atoms with E-state index in [1.165, 1.54) is 0 Å². The molecule has 3 nitrogen and oxygen atoms in total. The fraction of sp³-hybridized carbons (Fsp3) is 0.667. The van der Waals surface area contributed by atoms with Gasteiger partial charge in [0.25, 0.3) is 0 Å². The molecule has 0 radical (unpaired) electrons. The molecule has 2 aliphatic rings.